The highest BCUT2D eigenvalue weighted by molar-refractivity contribution is 5.87. The average Bonchev–Trinajstić information content (AvgIpc) is 3.01. The van der Waals surface area contributed by atoms with E-state index in [9.17, 15) is 19.4 Å². The Balaban J connectivity index is 1.92. The van der Waals surface area contributed by atoms with Gasteiger partial charge in [0.25, 0.3) is 0 Å². The van der Waals surface area contributed by atoms with Crippen LogP contribution in [0.15, 0.2) is 30.3 Å². The van der Waals surface area contributed by atoms with Gasteiger partial charge in [-0.2, -0.15) is 0 Å². The second-order valence-corrected chi connectivity index (χ2v) is 9.54. The monoisotopic (exact) mass is 440 g/mol. The molecule has 2 aromatic rings. The number of carbonyl (C=O) groups excluding carboxylic acids is 1. The molecular weight excluding hydrogens is 411 g/mol. The quantitative estimate of drug-likeness (QED) is 0.646. The molecule has 2 aromatic carbocycles. The van der Waals surface area contributed by atoms with Crippen molar-refractivity contribution in [2.45, 2.75) is 70.7 Å². The van der Waals surface area contributed by atoms with Crippen molar-refractivity contribution in [1.29, 1.82) is 0 Å². The van der Waals surface area contributed by atoms with Crippen LogP contribution in [0.25, 0.3) is 17.2 Å². The first-order valence-corrected chi connectivity index (χ1v) is 11.0. The number of rotatable bonds is 4. The zero-order chi connectivity index (χ0) is 23.2. The van der Waals surface area contributed by atoms with Gasteiger partial charge in [-0.3, -0.25) is 4.79 Å². The fourth-order valence-electron chi connectivity index (χ4n) is 4.70. The first-order valence-electron chi connectivity index (χ1n) is 11.0. The number of esters is 1. The number of cyclic esters (lactones) is 1. The van der Waals surface area contributed by atoms with Crippen molar-refractivity contribution in [3.63, 3.8) is 0 Å². The lowest BCUT2D eigenvalue weighted by molar-refractivity contribution is -0.156. The highest BCUT2D eigenvalue weighted by Gasteiger charge is 2.38. The number of ether oxygens (including phenoxy) is 2. The number of phenolic OH excluding ortho intramolecular Hbond substituents is 1. The van der Waals surface area contributed by atoms with Crippen molar-refractivity contribution in [2.24, 2.45) is 0 Å². The van der Waals surface area contributed by atoms with Gasteiger partial charge in [0, 0.05) is 24.0 Å². The van der Waals surface area contributed by atoms with E-state index in [1.54, 1.807) is 18.2 Å². The van der Waals surface area contributed by atoms with Crippen LogP contribution in [-0.4, -0.2) is 34.0 Å². The van der Waals surface area contributed by atoms with Gasteiger partial charge in [0.2, 0.25) is 0 Å². The standard InChI is InChI=1S/C26H29FO5/c1-14(2)22-19(10-9-18-11-17(28)12-21(29)31-18)23(15-5-7-16(27)8-6-15)24(30)25-20(22)13-26(3,4)32-25/h5-10,14,17-18,28,30H,11-13H2,1-4H3/b10-9+/t17-,18-/m1/s1. The van der Waals surface area contributed by atoms with Crippen LogP contribution in [-0.2, 0) is 16.0 Å². The third kappa shape index (κ3) is 4.24. The van der Waals surface area contributed by atoms with E-state index in [-0.39, 0.29) is 23.9 Å². The highest BCUT2D eigenvalue weighted by Crippen LogP contribution is 2.52. The number of benzene rings is 2. The molecule has 0 aromatic heterocycles. The molecule has 0 bridgehead atoms. The maximum absolute atomic E-state index is 13.6. The lowest BCUT2D eigenvalue weighted by Gasteiger charge is -2.24. The summed E-state index contributed by atoms with van der Waals surface area (Å²) in [6.45, 7) is 8.11. The second kappa shape index (κ2) is 8.24. The largest absolute Gasteiger partial charge is 0.504 e. The fraction of sp³-hybridized carbons (Fsp3) is 0.423. The average molecular weight is 441 g/mol. The Labute approximate surface area is 187 Å². The molecule has 0 spiro atoms. The number of phenols is 1. The van der Waals surface area contributed by atoms with E-state index < -0.39 is 23.8 Å². The Morgan fingerprint density at radius 1 is 1.22 bits per heavy atom. The predicted octanol–water partition coefficient (Wildman–Crippen LogP) is 5.11. The summed E-state index contributed by atoms with van der Waals surface area (Å²) in [6.07, 6.45) is 3.25. The molecule has 6 heteroatoms. The molecule has 0 saturated carbocycles. The zero-order valence-corrected chi connectivity index (χ0v) is 18.8. The number of fused-ring (bicyclic) bond motifs is 1. The summed E-state index contributed by atoms with van der Waals surface area (Å²) in [5.74, 6) is -0.207. The lowest BCUT2D eigenvalue weighted by atomic mass is 9.83. The minimum atomic E-state index is -0.741. The number of aliphatic hydroxyl groups excluding tert-OH is 1. The first-order chi connectivity index (χ1) is 15.1. The van der Waals surface area contributed by atoms with Crippen molar-refractivity contribution in [3.05, 3.63) is 52.8 Å². The molecule has 2 atom stereocenters. The molecule has 32 heavy (non-hydrogen) atoms. The molecule has 0 amide bonds. The molecule has 1 saturated heterocycles. The predicted molar refractivity (Wildman–Crippen MR) is 120 cm³/mol. The Hall–Kier alpha value is -2.86. The molecule has 0 radical (unpaired) electrons. The van der Waals surface area contributed by atoms with Crippen LogP contribution in [0.2, 0.25) is 0 Å². The van der Waals surface area contributed by atoms with Crippen LogP contribution in [0, 0.1) is 5.82 Å². The van der Waals surface area contributed by atoms with Crippen molar-refractivity contribution < 1.29 is 28.9 Å². The van der Waals surface area contributed by atoms with Gasteiger partial charge in [0.15, 0.2) is 11.5 Å². The molecule has 2 aliphatic heterocycles. The normalized spacial score (nSPS) is 22.2. The smallest absolute Gasteiger partial charge is 0.309 e. The number of aromatic hydroxyl groups is 1. The SMILES string of the molecule is CC(C)c1c(/C=C/[C@@H]2C[C@@H](O)CC(=O)O2)c(-c2ccc(F)cc2)c(O)c2c1CC(C)(C)O2. The van der Waals surface area contributed by atoms with E-state index in [1.807, 2.05) is 19.9 Å². The van der Waals surface area contributed by atoms with Crippen LogP contribution in [0.1, 0.15) is 63.1 Å². The second-order valence-electron chi connectivity index (χ2n) is 9.54. The van der Waals surface area contributed by atoms with Crippen molar-refractivity contribution in [3.8, 4) is 22.6 Å². The van der Waals surface area contributed by atoms with Crippen molar-refractivity contribution in [2.75, 3.05) is 0 Å². The summed E-state index contributed by atoms with van der Waals surface area (Å²) in [4.78, 5) is 11.8. The number of carbonyl (C=O) groups is 1. The van der Waals surface area contributed by atoms with Gasteiger partial charge < -0.3 is 19.7 Å². The maximum Gasteiger partial charge on any atom is 0.309 e. The van der Waals surface area contributed by atoms with E-state index in [0.717, 1.165) is 16.7 Å². The summed E-state index contributed by atoms with van der Waals surface area (Å²) < 4.78 is 25.1. The molecular formula is C26H29FO5. The van der Waals surface area contributed by atoms with Gasteiger partial charge in [-0.25, -0.2) is 4.39 Å². The fourth-order valence-corrected chi connectivity index (χ4v) is 4.70. The molecule has 4 rings (SSSR count). The summed E-state index contributed by atoms with van der Waals surface area (Å²) in [7, 11) is 0. The van der Waals surface area contributed by atoms with Crippen LogP contribution in [0.3, 0.4) is 0 Å². The van der Waals surface area contributed by atoms with Gasteiger partial charge in [-0.15, -0.1) is 0 Å². The minimum Gasteiger partial charge on any atom is -0.504 e. The summed E-state index contributed by atoms with van der Waals surface area (Å²) in [6, 6.07) is 5.97. The minimum absolute atomic E-state index is 0.00549. The maximum atomic E-state index is 13.6. The Kier molecular flexibility index (Phi) is 5.76. The van der Waals surface area contributed by atoms with Crippen molar-refractivity contribution >= 4 is 12.0 Å². The highest BCUT2D eigenvalue weighted by atomic mass is 19.1. The Morgan fingerprint density at radius 2 is 1.91 bits per heavy atom. The van der Waals surface area contributed by atoms with Crippen LogP contribution < -0.4 is 4.74 Å². The summed E-state index contributed by atoms with van der Waals surface area (Å²) in [5.41, 5.74) is 3.50. The van der Waals surface area contributed by atoms with Gasteiger partial charge in [0.1, 0.15) is 17.5 Å². The topological polar surface area (TPSA) is 76.0 Å². The van der Waals surface area contributed by atoms with Crippen LogP contribution in [0.4, 0.5) is 4.39 Å². The molecule has 0 aliphatic carbocycles. The third-order valence-electron chi connectivity index (χ3n) is 5.97. The van der Waals surface area contributed by atoms with E-state index in [4.69, 9.17) is 9.47 Å². The van der Waals surface area contributed by atoms with Gasteiger partial charge in [-0.1, -0.05) is 32.1 Å². The van der Waals surface area contributed by atoms with E-state index in [0.29, 0.717) is 29.7 Å². The molecule has 2 N–H and O–H groups in total. The lowest BCUT2D eigenvalue weighted by Crippen LogP contribution is -2.31. The molecule has 5 nitrogen and oxygen atoms in total. The summed E-state index contributed by atoms with van der Waals surface area (Å²) in [5, 5.41) is 21.2. The summed E-state index contributed by atoms with van der Waals surface area (Å²) >= 11 is 0. The van der Waals surface area contributed by atoms with Crippen LogP contribution in [0.5, 0.6) is 11.5 Å². The Bertz CT molecular complexity index is 1070. The molecule has 0 unspecified atom stereocenters. The number of hydrogen-bond acceptors (Lipinski definition) is 5. The molecule has 2 aliphatic rings. The number of hydrogen-bond donors (Lipinski definition) is 2. The number of aliphatic hydroxyl groups is 1. The number of halogens is 1. The van der Waals surface area contributed by atoms with E-state index in [2.05, 4.69) is 13.8 Å². The molecule has 1 fully saturated rings. The van der Waals surface area contributed by atoms with Gasteiger partial charge >= 0.3 is 5.97 Å². The third-order valence-corrected chi connectivity index (χ3v) is 5.97. The van der Waals surface area contributed by atoms with Gasteiger partial charge in [-0.05, 0) is 54.7 Å². The molecule has 2 heterocycles. The van der Waals surface area contributed by atoms with Crippen molar-refractivity contribution in [1.82, 2.24) is 0 Å². The van der Waals surface area contributed by atoms with Gasteiger partial charge in [0.05, 0.1) is 12.5 Å². The molecule has 170 valence electrons. The zero-order valence-electron chi connectivity index (χ0n) is 18.8. The Morgan fingerprint density at radius 3 is 2.53 bits per heavy atom. The van der Waals surface area contributed by atoms with E-state index in [1.165, 1.54) is 12.1 Å². The van der Waals surface area contributed by atoms with E-state index >= 15 is 0 Å². The first kappa shape index (κ1) is 22.3. The van der Waals surface area contributed by atoms with Crippen LogP contribution >= 0.6 is 0 Å².